The predicted octanol–water partition coefficient (Wildman–Crippen LogP) is 2.43. The number of aromatic nitrogens is 1. The first-order valence-corrected chi connectivity index (χ1v) is 5.91. The third-order valence-electron chi connectivity index (χ3n) is 3.20. The van der Waals surface area contributed by atoms with Gasteiger partial charge < -0.3 is 9.73 Å². The van der Waals surface area contributed by atoms with E-state index in [1.54, 1.807) is 0 Å². The molecule has 1 aliphatic rings. The molecule has 1 aromatic carbocycles. The highest BCUT2D eigenvalue weighted by Crippen LogP contribution is 2.19. The van der Waals surface area contributed by atoms with Crippen molar-refractivity contribution in [1.29, 1.82) is 0 Å². The van der Waals surface area contributed by atoms with E-state index in [9.17, 15) is 0 Å². The van der Waals surface area contributed by atoms with Gasteiger partial charge in [-0.15, -0.1) is 0 Å². The number of hydrogen-bond donors (Lipinski definition) is 1. The van der Waals surface area contributed by atoms with Crippen molar-refractivity contribution in [1.82, 2.24) is 10.3 Å². The van der Waals surface area contributed by atoms with Crippen molar-refractivity contribution in [2.24, 2.45) is 0 Å². The highest BCUT2D eigenvalue weighted by Gasteiger charge is 2.14. The molecule has 1 N–H and O–H groups in total. The lowest BCUT2D eigenvalue weighted by Crippen LogP contribution is -2.23. The summed E-state index contributed by atoms with van der Waals surface area (Å²) in [5.41, 5.74) is 3.21. The van der Waals surface area contributed by atoms with Gasteiger partial charge in [-0.1, -0.05) is 6.07 Å². The van der Waals surface area contributed by atoms with Crippen molar-refractivity contribution in [3.05, 3.63) is 29.7 Å². The molecule has 0 spiro atoms. The maximum atomic E-state index is 5.54. The normalized spacial score (nSPS) is 20.7. The first-order chi connectivity index (χ1) is 7.81. The van der Waals surface area contributed by atoms with E-state index in [0.717, 1.165) is 30.0 Å². The smallest absolute Gasteiger partial charge is 0.192 e. The Morgan fingerprint density at radius 2 is 2.44 bits per heavy atom. The van der Waals surface area contributed by atoms with Crippen molar-refractivity contribution in [3.63, 3.8) is 0 Å². The lowest BCUT2D eigenvalue weighted by molar-refractivity contribution is 0.559. The Morgan fingerprint density at radius 1 is 1.50 bits per heavy atom. The molecule has 3 rings (SSSR count). The van der Waals surface area contributed by atoms with Crippen LogP contribution in [0.25, 0.3) is 11.1 Å². The van der Waals surface area contributed by atoms with Gasteiger partial charge in [0.2, 0.25) is 0 Å². The fourth-order valence-corrected chi connectivity index (χ4v) is 2.43. The molecular formula is C13H16N2O. The van der Waals surface area contributed by atoms with E-state index < -0.39 is 0 Å². The van der Waals surface area contributed by atoms with Crippen molar-refractivity contribution in [2.45, 2.75) is 32.2 Å². The molecule has 0 radical (unpaired) electrons. The molecule has 1 aliphatic heterocycles. The molecule has 2 aromatic rings. The molecule has 3 nitrogen and oxygen atoms in total. The minimum atomic E-state index is 0.640. The molecule has 0 saturated carbocycles. The number of nitrogens with one attached hydrogen (secondary N) is 1. The van der Waals surface area contributed by atoms with E-state index in [1.165, 1.54) is 18.4 Å². The summed E-state index contributed by atoms with van der Waals surface area (Å²) in [5.74, 6) is 0.742. The summed E-state index contributed by atoms with van der Waals surface area (Å²) in [5, 5.41) is 3.51. The Hall–Kier alpha value is -1.35. The molecule has 1 unspecified atom stereocenters. The molecule has 1 fully saturated rings. The lowest BCUT2D eigenvalue weighted by atomic mass is 10.0. The Labute approximate surface area is 94.9 Å². The van der Waals surface area contributed by atoms with Crippen LogP contribution in [-0.2, 0) is 6.42 Å². The first-order valence-electron chi connectivity index (χ1n) is 5.91. The Balaban J connectivity index is 1.86. The molecule has 0 bridgehead atoms. The van der Waals surface area contributed by atoms with Gasteiger partial charge in [-0.2, -0.15) is 0 Å². The molecule has 1 saturated heterocycles. The van der Waals surface area contributed by atoms with Gasteiger partial charge in [0.15, 0.2) is 11.5 Å². The van der Waals surface area contributed by atoms with Crippen molar-refractivity contribution < 1.29 is 4.42 Å². The van der Waals surface area contributed by atoms with Gasteiger partial charge in [0, 0.05) is 13.0 Å². The average Bonchev–Trinajstić information content (AvgIpc) is 2.85. The van der Waals surface area contributed by atoms with E-state index in [1.807, 2.05) is 6.92 Å². The van der Waals surface area contributed by atoms with E-state index in [2.05, 4.69) is 28.5 Å². The molecule has 0 aliphatic carbocycles. The summed E-state index contributed by atoms with van der Waals surface area (Å²) in [6.45, 7) is 3.05. The number of fused-ring (bicyclic) bond motifs is 1. The lowest BCUT2D eigenvalue weighted by Gasteiger charge is -2.09. The second kappa shape index (κ2) is 3.91. The molecule has 16 heavy (non-hydrogen) atoms. The van der Waals surface area contributed by atoms with Gasteiger partial charge >= 0.3 is 0 Å². The number of nitrogens with zero attached hydrogens (tertiary/aromatic N) is 1. The van der Waals surface area contributed by atoms with E-state index >= 15 is 0 Å². The average molecular weight is 216 g/mol. The minimum Gasteiger partial charge on any atom is -0.441 e. The van der Waals surface area contributed by atoms with Crippen molar-refractivity contribution in [3.8, 4) is 0 Å². The van der Waals surface area contributed by atoms with Crippen LogP contribution in [0.4, 0.5) is 0 Å². The molecular weight excluding hydrogens is 200 g/mol. The number of aryl methyl sites for hydroxylation is 1. The van der Waals surface area contributed by atoms with Crippen LogP contribution in [0.5, 0.6) is 0 Å². The summed E-state index contributed by atoms with van der Waals surface area (Å²) in [6, 6.07) is 6.97. The quantitative estimate of drug-likeness (QED) is 0.837. The van der Waals surface area contributed by atoms with Gasteiger partial charge in [-0.3, -0.25) is 0 Å². The van der Waals surface area contributed by atoms with Gasteiger partial charge in [0.25, 0.3) is 0 Å². The highest BCUT2D eigenvalue weighted by atomic mass is 16.3. The molecule has 1 atom stereocenters. The zero-order chi connectivity index (χ0) is 11.0. The molecule has 84 valence electrons. The van der Waals surface area contributed by atoms with E-state index in [-0.39, 0.29) is 0 Å². The second-order valence-corrected chi connectivity index (χ2v) is 4.53. The van der Waals surface area contributed by atoms with Crippen LogP contribution in [-0.4, -0.2) is 17.6 Å². The van der Waals surface area contributed by atoms with Crippen LogP contribution < -0.4 is 5.32 Å². The zero-order valence-corrected chi connectivity index (χ0v) is 9.49. The summed E-state index contributed by atoms with van der Waals surface area (Å²) in [4.78, 5) is 4.30. The molecule has 2 heterocycles. The Bertz CT molecular complexity index is 498. The maximum Gasteiger partial charge on any atom is 0.192 e. The first kappa shape index (κ1) is 9.85. The van der Waals surface area contributed by atoms with E-state index in [0.29, 0.717) is 6.04 Å². The number of oxazole rings is 1. The summed E-state index contributed by atoms with van der Waals surface area (Å²) < 4.78 is 5.54. The second-order valence-electron chi connectivity index (χ2n) is 4.53. The van der Waals surface area contributed by atoms with Crippen molar-refractivity contribution in [2.75, 3.05) is 6.54 Å². The van der Waals surface area contributed by atoms with Crippen LogP contribution >= 0.6 is 0 Å². The van der Waals surface area contributed by atoms with Crippen LogP contribution in [0, 0.1) is 6.92 Å². The maximum absolute atomic E-state index is 5.54. The summed E-state index contributed by atoms with van der Waals surface area (Å²) in [7, 11) is 0. The summed E-state index contributed by atoms with van der Waals surface area (Å²) in [6.07, 6.45) is 3.68. The third-order valence-corrected chi connectivity index (χ3v) is 3.20. The standard InChI is InChI=1S/C13H16N2O/c1-9-15-12-5-4-10(8-13(12)16-9)7-11-3-2-6-14-11/h4-5,8,11,14H,2-3,6-7H2,1H3. The van der Waals surface area contributed by atoms with E-state index in [4.69, 9.17) is 4.42 Å². The number of hydrogen-bond acceptors (Lipinski definition) is 3. The monoisotopic (exact) mass is 216 g/mol. The number of rotatable bonds is 2. The topological polar surface area (TPSA) is 38.1 Å². The molecule has 0 amide bonds. The van der Waals surface area contributed by atoms with Crippen molar-refractivity contribution >= 4 is 11.1 Å². The van der Waals surface area contributed by atoms with Gasteiger partial charge in [-0.05, 0) is 43.5 Å². The minimum absolute atomic E-state index is 0.640. The number of benzene rings is 1. The van der Waals surface area contributed by atoms with Crippen LogP contribution in [0.1, 0.15) is 24.3 Å². The Morgan fingerprint density at radius 3 is 3.25 bits per heavy atom. The largest absolute Gasteiger partial charge is 0.441 e. The molecule has 1 aromatic heterocycles. The SMILES string of the molecule is Cc1nc2ccc(CC3CCCN3)cc2o1. The third kappa shape index (κ3) is 1.83. The van der Waals surface area contributed by atoms with Gasteiger partial charge in [-0.25, -0.2) is 4.98 Å². The molecule has 3 heteroatoms. The van der Waals surface area contributed by atoms with Crippen LogP contribution in [0.2, 0.25) is 0 Å². The van der Waals surface area contributed by atoms with Crippen LogP contribution in [0.15, 0.2) is 22.6 Å². The fourth-order valence-electron chi connectivity index (χ4n) is 2.43. The zero-order valence-electron chi connectivity index (χ0n) is 9.49. The van der Waals surface area contributed by atoms with Crippen LogP contribution in [0.3, 0.4) is 0 Å². The predicted molar refractivity (Wildman–Crippen MR) is 63.5 cm³/mol. The van der Waals surface area contributed by atoms with Gasteiger partial charge in [0.05, 0.1) is 0 Å². The fraction of sp³-hybridized carbons (Fsp3) is 0.462. The summed E-state index contributed by atoms with van der Waals surface area (Å²) >= 11 is 0. The van der Waals surface area contributed by atoms with Gasteiger partial charge in [0.1, 0.15) is 5.52 Å². The highest BCUT2D eigenvalue weighted by molar-refractivity contribution is 5.73. The Kier molecular flexibility index (Phi) is 2.40.